The Balaban J connectivity index is 1.57. The summed E-state index contributed by atoms with van der Waals surface area (Å²) in [5.41, 5.74) is 4.73. The Morgan fingerprint density at radius 2 is 1.63 bits per heavy atom. The van der Waals surface area contributed by atoms with Crippen molar-refractivity contribution in [2.45, 2.75) is 50.9 Å². The smallest absolute Gasteiger partial charge is 0.273 e. The third kappa shape index (κ3) is 3.74. The Labute approximate surface area is 223 Å². The van der Waals surface area contributed by atoms with Crippen LogP contribution >= 0.6 is 0 Å². The van der Waals surface area contributed by atoms with Crippen molar-refractivity contribution in [2.24, 2.45) is 11.0 Å². The molecule has 3 aliphatic rings. The Kier molecular flexibility index (Phi) is 6.32. The largest absolute Gasteiger partial charge is 0.273 e. The molecule has 0 bridgehead atoms. The zero-order valence-electron chi connectivity index (χ0n) is 21.6. The molecule has 0 N–H and O–H groups in total. The van der Waals surface area contributed by atoms with Crippen molar-refractivity contribution in [3.05, 3.63) is 119 Å². The number of amides is 2. The first-order valence-corrected chi connectivity index (χ1v) is 13.5. The van der Waals surface area contributed by atoms with Gasteiger partial charge < -0.3 is 0 Å². The van der Waals surface area contributed by atoms with E-state index in [1.165, 1.54) is 0 Å². The van der Waals surface area contributed by atoms with E-state index in [4.69, 9.17) is 5.10 Å². The lowest BCUT2D eigenvalue weighted by Crippen LogP contribution is -2.65. The summed E-state index contributed by atoms with van der Waals surface area (Å²) < 4.78 is 0. The molecule has 38 heavy (non-hydrogen) atoms. The minimum absolute atomic E-state index is 0.0237. The normalized spacial score (nSPS) is 23.3. The summed E-state index contributed by atoms with van der Waals surface area (Å²) in [5.74, 6) is -0.547. The lowest BCUT2D eigenvalue weighted by molar-refractivity contribution is -0.200. The van der Waals surface area contributed by atoms with E-state index in [1.54, 1.807) is 10.0 Å². The molecular formula is C32H32N4O2. The predicted molar refractivity (Wildman–Crippen MR) is 148 cm³/mol. The molecule has 192 valence electrons. The quantitative estimate of drug-likeness (QED) is 0.364. The molecule has 2 amide bonds. The first-order chi connectivity index (χ1) is 18.7. The van der Waals surface area contributed by atoms with E-state index < -0.39 is 6.17 Å². The molecule has 0 saturated carbocycles. The van der Waals surface area contributed by atoms with E-state index in [2.05, 4.69) is 42.8 Å². The molecule has 4 atom stereocenters. The molecule has 0 aliphatic carbocycles. The molecule has 3 aliphatic heterocycles. The summed E-state index contributed by atoms with van der Waals surface area (Å²) in [6, 6.07) is 25.0. The van der Waals surface area contributed by atoms with Crippen molar-refractivity contribution in [1.29, 1.82) is 0 Å². The number of carbonyl (C=O) groups is 2. The molecule has 0 radical (unpaired) electrons. The van der Waals surface area contributed by atoms with E-state index in [0.717, 1.165) is 41.5 Å². The van der Waals surface area contributed by atoms with Crippen LogP contribution in [-0.4, -0.2) is 33.1 Å². The summed E-state index contributed by atoms with van der Waals surface area (Å²) >= 11 is 0. The molecule has 1 saturated heterocycles. The van der Waals surface area contributed by atoms with E-state index in [9.17, 15) is 9.59 Å². The second kappa shape index (κ2) is 9.93. The van der Waals surface area contributed by atoms with Crippen molar-refractivity contribution in [3.8, 4) is 0 Å². The lowest BCUT2D eigenvalue weighted by Gasteiger charge is -2.58. The Hall–Kier alpha value is -4.19. The number of hydrazine groups is 1. The molecule has 6 nitrogen and oxygen atoms in total. The molecule has 3 aromatic rings. The van der Waals surface area contributed by atoms with Crippen LogP contribution in [0.15, 0.2) is 96.6 Å². The van der Waals surface area contributed by atoms with Crippen LogP contribution in [0.4, 0.5) is 0 Å². The molecule has 0 spiro atoms. The van der Waals surface area contributed by atoms with Crippen LogP contribution in [0.1, 0.15) is 83.5 Å². The minimum Gasteiger partial charge on any atom is -0.273 e. The molecular weight excluding hydrogens is 472 g/mol. The first kappa shape index (κ1) is 24.2. The number of hydrogen-bond donors (Lipinski definition) is 0. The highest BCUT2D eigenvalue weighted by Gasteiger charge is 2.55. The maximum absolute atomic E-state index is 14.7. The predicted octanol–water partition coefficient (Wildman–Crippen LogP) is 6.41. The first-order valence-electron chi connectivity index (χ1n) is 13.5. The number of benzene rings is 3. The number of hydrazone groups is 1. The van der Waals surface area contributed by atoms with Crippen LogP contribution < -0.4 is 0 Å². The van der Waals surface area contributed by atoms with Gasteiger partial charge in [-0.2, -0.15) is 5.10 Å². The van der Waals surface area contributed by atoms with Gasteiger partial charge in [-0.3, -0.25) is 14.6 Å². The van der Waals surface area contributed by atoms with Gasteiger partial charge in [-0.1, -0.05) is 92.6 Å². The Bertz CT molecular complexity index is 1400. The van der Waals surface area contributed by atoms with Gasteiger partial charge in [-0.05, 0) is 41.7 Å². The average Bonchev–Trinajstić information content (AvgIpc) is 2.97. The van der Waals surface area contributed by atoms with Crippen LogP contribution in [-0.2, 0) is 4.79 Å². The molecule has 6 rings (SSSR count). The van der Waals surface area contributed by atoms with E-state index in [0.29, 0.717) is 12.0 Å². The van der Waals surface area contributed by atoms with Gasteiger partial charge >= 0.3 is 0 Å². The highest BCUT2D eigenvalue weighted by molar-refractivity contribution is 5.97. The fraction of sp³-hybridized carbons (Fsp3) is 0.281. The average molecular weight is 505 g/mol. The monoisotopic (exact) mass is 504 g/mol. The highest BCUT2D eigenvalue weighted by atomic mass is 16.2. The number of unbranched alkanes of at least 4 members (excludes halogenated alkanes) is 1. The minimum atomic E-state index is -0.528. The Morgan fingerprint density at radius 3 is 2.37 bits per heavy atom. The molecule has 1 fully saturated rings. The van der Waals surface area contributed by atoms with Crippen LogP contribution in [0.2, 0.25) is 0 Å². The van der Waals surface area contributed by atoms with Gasteiger partial charge in [0.2, 0.25) is 5.91 Å². The Morgan fingerprint density at radius 1 is 0.947 bits per heavy atom. The second-order valence-corrected chi connectivity index (χ2v) is 10.2. The zero-order valence-corrected chi connectivity index (χ0v) is 21.6. The molecule has 4 unspecified atom stereocenters. The van der Waals surface area contributed by atoms with Gasteiger partial charge in [-0.15, -0.1) is 6.58 Å². The second-order valence-electron chi connectivity index (χ2n) is 10.2. The summed E-state index contributed by atoms with van der Waals surface area (Å²) in [5, 5.41) is 10.4. The van der Waals surface area contributed by atoms with E-state index >= 15 is 0 Å². The van der Waals surface area contributed by atoms with Crippen LogP contribution in [0.25, 0.3) is 0 Å². The van der Waals surface area contributed by atoms with Crippen LogP contribution in [0.5, 0.6) is 0 Å². The van der Waals surface area contributed by atoms with Gasteiger partial charge in [0.1, 0.15) is 0 Å². The van der Waals surface area contributed by atoms with Crippen LogP contribution in [0, 0.1) is 5.92 Å². The molecule has 0 aromatic heterocycles. The third-order valence-corrected chi connectivity index (χ3v) is 7.98. The van der Waals surface area contributed by atoms with Gasteiger partial charge in [-0.25, -0.2) is 10.0 Å². The third-order valence-electron chi connectivity index (χ3n) is 7.98. The molecule has 3 heterocycles. The topological polar surface area (TPSA) is 56.2 Å². The fourth-order valence-corrected chi connectivity index (χ4v) is 6.27. The molecule has 6 heteroatoms. The van der Waals surface area contributed by atoms with Crippen molar-refractivity contribution >= 4 is 18.0 Å². The SMILES string of the molecule is C=CCC1c2ccccc2C2N3N=Cc4ccccc4C3C(CCCC)C(=O)N2N1C(=O)c1ccccc1. The number of nitrogens with zero attached hydrogens (tertiary/aromatic N) is 4. The number of hydrogen-bond acceptors (Lipinski definition) is 4. The standard InChI is InChI=1S/C32H32N4O2/c1-3-5-17-27-29-24-18-10-9-16-23(24)21-33-34(29)30-26-20-12-11-19-25(26)28(13-4-2)35(36(30)32(27)38)31(37)22-14-7-6-8-15-22/h4,6-12,14-16,18-21,27-30H,2-3,5,13,17H2,1H3. The van der Waals surface area contributed by atoms with Gasteiger partial charge in [0, 0.05) is 11.1 Å². The summed E-state index contributed by atoms with van der Waals surface area (Å²) in [4.78, 5) is 28.9. The zero-order chi connectivity index (χ0) is 26.2. The van der Waals surface area contributed by atoms with Gasteiger partial charge in [0.25, 0.3) is 5.91 Å². The molecule has 3 aromatic carbocycles. The van der Waals surface area contributed by atoms with Crippen molar-refractivity contribution < 1.29 is 9.59 Å². The number of carbonyl (C=O) groups excluding carboxylic acids is 2. The highest BCUT2D eigenvalue weighted by Crippen LogP contribution is 2.53. The maximum atomic E-state index is 14.7. The summed E-state index contributed by atoms with van der Waals surface area (Å²) in [6.45, 7) is 6.13. The van der Waals surface area contributed by atoms with Crippen molar-refractivity contribution in [3.63, 3.8) is 0 Å². The maximum Gasteiger partial charge on any atom is 0.273 e. The number of fused-ring (bicyclic) bond motifs is 7. The van der Waals surface area contributed by atoms with Gasteiger partial charge in [0.15, 0.2) is 6.17 Å². The number of rotatable bonds is 6. The fourth-order valence-electron chi connectivity index (χ4n) is 6.27. The summed E-state index contributed by atoms with van der Waals surface area (Å²) in [7, 11) is 0. The van der Waals surface area contributed by atoms with Gasteiger partial charge in [0.05, 0.1) is 24.2 Å². The van der Waals surface area contributed by atoms with E-state index in [-0.39, 0.29) is 29.8 Å². The lowest BCUT2D eigenvalue weighted by atomic mass is 9.80. The van der Waals surface area contributed by atoms with Crippen molar-refractivity contribution in [2.75, 3.05) is 0 Å². The summed E-state index contributed by atoms with van der Waals surface area (Å²) in [6.07, 6.45) is 6.35. The van der Waals surface area contributed by atoms with Crippen LogP contribution in [0.3, 0.4) is 0 Å². The van der Waals surface area contributed by atoms with Crippen molar-refractivity contribution in [1.82, 2.24) is 15.0 Å². The van der Waals surface area contributed by atoms with E-state index in [1.807, 2.05) is 66.9 Å².